The molecule has 0 radical (unpaired) electrons. The zero-order chi connectivity index (χ0) is 13.2. The lowest BCUT2D eigenvalue weighted by atomic mass is 10.1. The molecule has 19 heavy (non-hydrogen) atoms. The summed E-state index contributed by atoms with van der Waals surface area (Å²) in [6.07, 6.45) is 4.45. The molecule has 0 spiro atoms. The third-order valence-electron chi connectivity index (χ3n) is 3.07. The lowest BCUT2D eigenvalue weighted by molar-refractivity contribution is 0.486. The standard InChI is InChI=1S/C15H17N3O/c1-11(2)9-14-17-13-6-3-7-16-15(13)18(14)10-12-5-4-8-19-12/h3-8,11H,9-10H2,1-2H3. The highest BCUT2D eigenvalue weighted by molar-refractivity contribution is 5.71. The first kappa shape index (κ1) is 12.0. The third-order valence-corrected chi connectivity index (χ3v) is 3.07. The predicted molar refractivity (Wildman–Crippen MR) is 73.9 cm³/mol. The lowest BCUT2D eigenvalue weighted by Crippen LogP contribution is -2.08. The van der Waals surface area contributed by atoms with Gasteiger partial charge < -0.3 is 8.98 Å². The van der Waals surface area contributed by atoms with Crippen molar-refractivity contribution in [1.82, 2.24) is 14.5 Å². The number of aromatic nitrogens is 3. The van der Waals surface area contributed by atoms with Gasteiger partial charge in [0.1, 0.15) is 17.1 Å². The Morgan fingerprint density at radius 3 is 2.89 bits per heavy atom. The first-order chi connectivity index (χ1) is 9.24. The van der Waals surface area contributed by atoms with Crippen LogP contribution in [0.15, 0.2) is 41.1 Å². The van der Waals surface area contributed by atoms with Gasteiger partial charge >= 0.3 is 0 Å². The number of pyridine rings is 1. The van der Waals surface area contributed by atoms with Crippen LogP contribution in [0.2, 0.25) is 0 Å². The monoisotopic (exact) mass is 255 g/mol. The Morgan fingerprint density at radius 2 is 2.16 bits per heavy atom. The number of hydrogen-bond donors (Lipinski definition) is 0. The maximum Gasteiger partial charge on any atom is 0.160 e. The van der Waals surface area contributed by atoms with E-state index >= 15 is 0 Å². The smallest absolute Gasteiger partial charge is 0.160 e. The second kappa shape index (κ2) is 4.88. The average molecular weight is 255 g/mol. The van der Waals surface area contributed by atoms with E-state index in [1.807, 2.05) is 30.5 Å². The van der Waals surface area contributed by atoms with Crippen LogP contribution in [0.4, 0.5) is 0 Å². The number of rotatable bonds is 4. The maximum absolute atomic E-state index is 5.44. The molecule has 4 heteroatoms. The Bertz CT molecular complexity index is 668. The first-order valence-electron chi connectivity index (χ1n) is 6.56. The van der Waals surface area contributed by atoms with Crippen molar-refractivity contribution in [2.75, 3.05) is 0 Å². The molecule has 3 rings (SSSR count). The summed E-state index contributed by atoms with van der Waals surface area (Å²) >= 11 is 0. The van der Waals surface area contributed by atoms with Gasteiger partial charge in [-0.3, -0.25) is 0 Å². The number of furan rings is 1. The van der Waals surface area contributed by atoms with Gasteiger partial charge in [-0.05, 0) is 30.2 Å². The molecule has 0 aliphatic rings. The first-order valence-corrected chi connectivity index (χ1v) is 6.56. The largest absolute Gasteiger partial charge is 0.467 e. The van der Waals surface area contributed by atoms with Crippen molar-refractivity contribution in [2.24, 2.45) is 5.92 Å². The average Bonchev–Trinajstić information content (AvgIpc) is 2.99. The summed E-state index contributed by atoms with van der Waals surface area (Å²) < 4.78 is 7.59. The highest BCUT2D eigenvalue weighted by Crippen LogP contribution is 2.18. The van der Waals surface area contributed by atoms with Crippen molar-refractivity contribution in [3.8, 4) is 0 Å². The van der Waals surface area contributed by atoms with E-state index in [-0.39, 0.29) is 0 Å². The summed E-state index contributed by atoms with van der Waals surface area (Å²) in [6, 6.07) is 7.81. The Morgan fingerprint density at radius 1 is 1.26 bits per heavy atom. The Kier molecular flexibility index (Phi) is 3.07. The number of nitrogens with zero attached hydrogens (tertiary/aromatic N) is 3. The Balaban J connectivity index is 2.07. The van der Waals surface area contributed by atoms with Crippen LogP contribution in [0, 0.1) is 5.92 Å². The van der Waals surface area contributed by atoms with Gasteiger partial charge in [-0.15, -0.1) is 0 Å². The van der Waals surface area contributed by atoms with Crippen molar-refractivity contribution in [1.29, 1.82) is 0 Å². The molecule has 0 aliphatic heterocycles. The molecule has 0 atom stereocenters. The van der Waals surface area contributed by atoms with Gasteiger partial charge in [-0.2, -0.15) is 0 Å². The van der Waals surface area contributed by atoms with E-state index in [1.165, 1.54) is 0 Å². The van der Waals surface area contributed by atoms with Gasteiger partial charge in [-0.1, -0.05) is 13.8 Å². The molecular formula is C15H17N3O. The molecule has 0 aliphatic carbocycles. The van der Waals surface area contributed by atoms with Crippen molar-refractivity contribution in [3.63, 3.8) is 0 Å². The molecule has 0 saturated carbocycles. The molecule has 0 saturated heterocycles. The molecule has 0 unspecified atom stereocenters. The molecule has 0 fully saturated rings. The fraction of sp³-hybridized carbons (Fsp3) is 0.333. The molecule has 0 bridgehead atoms. The van der Waals surface area contributed by atoms with Gasteiger partial charge in [0.05, 0.1) is 12.8 Å². The van der Waals surface area contributed by atoms with Crippen LogP contribution in [0.1, 0.15) is 25.4 Å². The highest BCUT2D eigenvalue weighted by Gasteiger charge is 2.13. The molecular weight excluding hydrogens is 238 g/mol. The van der Waals surface area contributed by atoms with E-state index in [2.05, 4.69) is 23.4 Å². The number of fused-ring (bicyclic) bond motifs is 1. The normalized spacial score (nSPS) is 11.5. The molecule has 0 aromatic carbocycles. The quantitative estimate of drug-likeness (QED) is 0.718. The topological polar surface area (TPSA) is 43.9 Å². The van der Waals surface area contributed by atoms with E-state index in [0.29, 0.717) is 12.5 Å². The summed E-state index contributed by atoms with van der Waals surface area (Å²) in [5, 5.41) is 0. The summed E-state index contributed by atoms with van der Waals surface area (Å²) in [6.45, 7) is 5.08. The van der Waals surface area contributed by atoms with Crippen molar-refractivity contribution in [2.45, 2.75) is 26.8 Å². The van der Waals surface area contributed by atoms with Crippen LogP contribution in [-0.4, -0.2) is 14.5 Å². The number of imidazole rings is 1. The van der Waals surface area contributed by atoms with Gasteiger partial charge in [-0.25, -0.2) is 9.97 Å². The second-order valence-electron chi connectivity index (χ2n) is 5.14. The predicted octanol–water partition coefficient (Wildman–Crippen LogP) is 3.27. The fourth-order valence-electron chi connectivity index (χ4n) is 2.25. The van der Waals surface area contributed by atoms with Crippen molar-refractivity contribution < 1.29 is 4.42 Å². The van der Waals surface area contributed by atoms with Crippen LogP contribution >= 0.6 is 0 Å². The molecule has 3 heterocycles. The second-order valence-corrected chi connectivity index (χ2v) is 5.14. The van der Waals surface area contributed by atoms with E-state index < -0.39 is 0 Å². The van der Waals surface area contributed by atoms with Gasteiger partial charge in [0, 0.05) is 12.6 Å². The SMILES string of the molecule is CC(C)Cc1nc2cccnc2n1Cc1ccco1. The Labute approximate surface area is 112 Å². The van der Waals surface area contributed by atoms with E-state index in [1.54, 1.807) is 6.26 Å². The lowest BCUT2D eigenvalue weighted by Gasteiger charge is -2.08. The molecule has 4 nitrogen and oxygen atoms in total. The maximum atomic E-state index is 5.44. The van der Waals surface area contributed by atoms with E-state index in [0.717, 1.165) is 29.2 Å². The van der Waals surface area contributed by atoms with Crippen LogP contribution < -0.4 is 0 Å². The van der Waals surface area contributed by atoms with Crippen LogP contribution in [0.5, 0.6) is 0 Å². The molecule has 98 valence electrons. The zero-order valence-electron chi connectivity index (χ0n) is 11.2. The fourth-order valence-corrected chi connectivity index (χ4v) is 2.25. The minimum atomic E-state index is 0.562. The molecule has 0 amide bonds. The molecule has 3 aromatic rings. The minimum absolute atomic E-state index is 0.562. The van der Waals surface area contributed by atoms with Crippen LogP contribution in [0.25, 0.3) is 11.2 Å². The summed E-state index contributed by atoms with van der Waals surface area (Å²) in [7, 11) is 0. The van der Waals surface area contributed by atoms with Crippen LogP contribution in [-0.2, 0) is 13.0 Å². The third kappa shape index (κ3) is 2.38. The van der Waals surface area contributed by atoms with Crippen molar-refractivity contribution in [3.05, 3.63) is 48.3 Å². The summed E-state index contributed by atoms with van der Waals surface area (Å²) in [5.41, 5.74) is 1.87. The summed E-state index contributed by atoms with van der Waals surface area (Å²) in [5.74, 6) is 2.56. The molecule has 3 aromatic heterocycles. The minimum Gasteiger partial charge on any atom is -0.467 e. The van der Waals surface area contributed by atoms with Crippen molar-refractivity contribution >= 4 is 11.2 Å². The summed E-state index contributed by atoms with van der Waals surface area (Å²) in [4.78, 5) is 9.14. The Hall–Kier alpha value is -2.10. The van der Waals surface area contributed by atoms with Gasteiger partial charge in [0.2, 0.25) is 0 Å². The molecule has 0 N–H and O–H groups in total. The van der Waals surface area contributed by atoms with E-state index in [4.69, 9.17) is 9.40 Å². The number of hydrogen-bond acceptors (Lipinski definition) is 3. The highest BCUT2D eigenvalue weighted by atomic mass is 16.3. The van der Waals surface area contributed by atoms with Gasteiger partial charge in [0.25, 0.3) is 0 Å². The zero-order valence-corrected chi connectivity index (χ0v) is 11.2. The van der Waals surface area contributed by atoms with Crippen LogP contribution in [0.3, 0.4) is 0 Å². The van der Waals surface area contributed by atoms with Gasteiger partial charge in [0.15, 0.2) is 5.65 Å². The van der Waals surface area contributed by atoms with E-state index in [9.17, 15) is 0 Å².